The molecule has 19 heavy (non-hydrogen) atoms. The van der Waals surface area contributed by atoms with Crippen molar-refractivity contribution in [3.8, 4) is 11.5 Å². The van der Waals surface area contributed by atoms with Crippen LogP contribution in [-0.2, 0) is 6.54 Å². The number of halogens is 1. The fourth-order valence-corrected chi connectivity index (χ4v) is 2.84. The molecule has 0 radical (unpaired) electrons. The number of hydrogen-bond donors (Lipinski definition) is 1. The smallest absolute Gasteiger partial charge is 0.271 e. The molecule has 0 bridgehead atoms. The lowest BCUT2D eigenvalue weighted by Gasteiger charge is -2.21. The minimum Gasteiger partial charge on any atom is -0.415 e. The summed E-state index contributed by atoms with van der Waals surface area (Å²) in [5.74, 6) is 1.38. The molecule has 0 amide bonds. The van der Waals surface area contributed by atoms with Crippen molar-refractivity contribution in [2.45, 2.75) is 25.8 Å². The minimum atomic E-state index is 0.628. The number of benzene rings is 1. The van der Waals surface area contributed by atoms with Gasteiger partial charge in [0, 0.05) is 9.13 Å². The SMILES string of the molecule is Ic1ccc(-c2nnc(C[NH+]3CCCCC3)o2)cc1. The van der Waals surface area contributed by atoms with Crippen LogP contribution in [0.4, 0.5) is 0 Å². The molecule has 4 nitrogen and oxygen atoms in total. The summed E-state index contributed by atoms with van der Waals surface area (Å²) in [5.41, 5.74) is 0.993. The summed E-state index contributed by atoms with van der Waals surface area (Å²) in [5, 5.41) is 8.32. The van der Waals surface area contributed by atoms with Gasteiger partial charge in [0.1, 0.15) is 0 Å². The van der Waals surface area contributed by atoms with Crippen LogP contribution in [0.15, 0.2) is 28.7 Å². The molecule has 1 aromatic carbocycles. The number of nitrogens with zero attached hydrogens (tertiary/aromatic N) is 2. The average Bonchev–Trinajstić information content (AvgIpc) is 2.89. The van der Waals surface area contributed by atoms with Crippen molar-refractivity contribution in [3.05, 3.63) is 33.7 Å². The minimum absolute atomic E-state index is 0.628. The Morgan fingerprint density at radius 3 is 2.53 bits per heavy atom. The lowest BCUT2D eigenvalue weighted by Crippen LogP contribution is -3.11. The van der Waals surface area contributed by atoms with Crippen molar-refractivity contribution in [1.82, 2.24) is 10.2 Å². The third-order valence-electron chi connectivity index (χ3n) is 3.52. The first-order valence-electron chi connectivity index (χ1n) is 6.73. The molecular formula is C14H17IN3O+. The van der Waals surface area contributed by atoms with Crippen LogP contribution >= 0.6 is 22.6 Å². The lowest BCUT2D eigenvalue weighted by atomic mass is 10.1. The van der Waals surface area contributed by atoms with Gasteiger partial charge < -0.3 is 9.32 Å². The topological polar surface area (TPSA) is 43.4 Å². The highest BCUT2D eigenvalue weighted by Gasteiger charge is 2.18. The van der Waals surface area contributed by atoms with Crippen molar-refractivity contribution in [1.29, 1.82) is 0 Å². The van der Waals surface area contributed by atoms with E-state index in [2.05, 4.69) is 44.9 Å². The van der Waals surface area contributed by atoms with Gasteiger partial charge in [-0.1, -0.05) is 0 Å². The summed E-state index contributed by atoms with van der Waals surface area (Å²) in [6.45, 7) is 3.31. The van der Waals surface area contributed by atoms with E-state index in [0.29, 0.717) is 5.89 Å². The summed E-state index contributed by atoms with van der Waals surface area (Å²) < 4.78 is 6.97. The van der Waals surface area contributed by atoms with E-state index in [1.165, 1.54) is 35.9 Å². The van der Waals surface area contributed by atoms with Gasteiger partial charge in [-0.3, -0.25) is 0 Å². The van der Waals surface area contributed by atoms with E-state index < -0.39 is 0 Å². The molecule has 1 aliphatic heterocycles. The second kappa shape index (κ2) is 6.00. The van der Waals surface area contributed by atoms with Gasteiger partial charge in [0.2, 0.25) is 5.89 Å². The number of quaternary nitrogens is 1. The number of piperidine rings is 1. The Hall–Kier alpha value is -0.950. The van der Waals surface area contributed by atoms with Crippen LogP contribution in [0, 0.1) is 3.57 Å². The van der Waals surface area contributed by atoms with Crippen molar-refractivity contribution >= 4 is 22.6 Å². The highest BCUT2D eigenvalue weighted by Crippen LogP contribution is 2.18. The number of aromatic nitrogens is 2. The van der Waals surface area contributed by atoms with Crippen LogP contribution < -0.4 is 4.90 Å². The predicted molar refractivity (Wildman–Crippen MR) is 80.7 cm³/mol. The summed E-state index contributed by atoms with van der Waals surface area (Å²) in [6.07, 6.45) is 3.99. The summed E-state index contributed by atoms with van der Waals surface area (Å²) >= 11 is 2.29. The van der Waals surface area contributed by atoms with E-state index >= 15 is 0 Å². The molecule has 1 N–H and O–H groups in total. The van der Waals surface area contributed by atoms with Crippen molar-refractivity contribution in [3.63, 3.8) is 0 Å². The zero-order valence-electron chi connectivity index (χ0n) is 10.7. The van der Waals surface area contributed by atoms with E-state index in [0.717, 1.165) is 18.0 Å². The molecule has 1 fully saturated rings. The van der Waals surface area contributed by atoms with Crippen LogP contribution in [0.2, 0.25) is 0 Å². The third kappa shape index (κ3) is 3.33. The Labute approximate surface area is 126 Å². The standard InChI is InChI=1S/C14H16IN3O/c15-12-6-4-11(5-7-12)14-17-16-13(19-14)10-18-8-2-1-3-9-18/h4-7H,1-3,8-10H2/p+1. The molecular weight excluding hydrogens is 353 g/mol. The monoisotopic (exact) mass is 370 g/mol. The van der Waals surface area contributed by atoms with Gasteiger partial charge in [-0.2, -0.15) is 0 Å². The van der Waals surface area contributed by atoms with Crippen LogP contribution in [-0.4, -0.2) is 23.3 Å². The molecule has 1 aliphatic rings. The van der Waals surface area contributed by atoms with Crippen molar-refractivity contribution < 1.29 is 9.32 Å². The lowest BCUT2D eigenvalue weighted by molar-refractivity contribution is -0.919. The van der Waals surface area contributed by atoms with Gasteiger partial charge in [-0.15, -0.1) is 10.2 Å². The Kier molecular flexibility index (Phi) is 4.12. The Bertz CT molecular complexity index is 532. The van der Waals surface area contributed by atoms with Crippen LogP contribution in [0.1, 0.15) is 25.2 Å². The number of rotatable bonds is 3. The molecule has 100 valence electrons. The fourth-order valence-electron chi connectivity index (χ4n) is 2.48. The normalized spacial score (nSPS) is 16.7. The summed E-state index contributed by atoms with van der Waals surface area (Å²) in [4.78, 5) is 1.56. The summed E-state index contributed by atoms with van der Waals surface area (Å²) in [7, 11) is 0. The van der Waals surface area contributed by atoms with Crippen molar-refractivity contribution in [2.75, 3.05) is 13.1 Å². The summed E-state index contributed by atoms with van der Waals surface area (Å²) in [6, 6.07) is 8.14. The molecule has 0 atom stereocenters. The first-order valence-corrected chi connectivity index (χ1v) is 7.81. The Morgan fingerprint density at radius 1 is 1.05 bits per heavy atom. The van der Waals surface area contributed by atoms with Crippen LogP contribution in [0.25, 0.3) is 11.5 Å². The molecule has 0 saturated carbocycles. The molecule has 0 spiro atoms. The van der Waals surface area contributed by atoms with E-state index in [9.17, 15) is 0 Å². The molecule has 0 unspecified atom stereocenters. The van der Waals surface area contributed by atoms with Crippen molar-refractivity contribution in [2.24, 2.45) is 0 Å². The molecule has 1 aromatic heterocycles. The fraction of sp³-hybridized carbons (Fsp3) is 0.429. The molecule has 1 saturated heterocycles. The zero-order valence-corrected chi connectivity index (χ0v) is 12.9. The Balaban J connectivity index is 1.70. The maximum absolute atomic E-state index is 5.77. The second-order valence-electron chi connectivity index (χ2n) is 5.00. The van der Waals surface area contributed by atoms with Gasteiger partial charge in [-0.25, -0.2) is 0 Å². The molecule has 2 heterocycles. The maximum atomic E-state index is 5.77. The number of hydrogen-bond acceptors (Lipinski definition) is 3. The first-order chi connectivity index (χ1) is 9.31. The zero-order chi connectivity index (χ0) is 13.1. The quantitative estimate of drug-likeness (QED) is 0.840. The van der Waals surface area contributed by atoms with Gasteiger partial charge in [-0.05, 0) is 66.1 Å². The molecule has 3 rings (SSSR count). The first kappa shape index (κ1) is 13.1. The number of nitrogens with one attached hydrogen (secondary N) is 1. The number of likely N-dealkylation sites (tertiary alicyclic amines) is 1. The molecule has 5 heteroatoms. The average molecular weight is 370 g/mol. The highest BCUT2D eigenvalue weighted by molar-refractivity contribution is 14.1. The maximum Gasteiger partial charge on any atom is 0.271 e. The highest BCUT2D eigenvalue weighted by atomic mass is 127. The van der Waals surface area contributed by atoms with Gasteiger partial charge >= 0.3 is 0 Å². The van der Waals surface area contributed by atoms with Crippen LogP contribution in [0.5, 0.6) is 0 Å². The van der Waals surface area contributed by atoms with E-state index in [1.54, 1.807) is 4.90 Å². The van der Waals surface area contributed by atoms with E-state index in [-0.39, 0.29) is 0 Å². The third-order valence-corrected chi connectivity index (χ3v) is 4.24. The second-order valence-corrected chi connectivity index (χ2v) is 6.24. The predicted octanol–water partition coefficient (Wildman–Crippen LogP) is 1.91. The largest absolute Gasteiger partial charge is 0.415 e. The van der Waals surface area contributed by atoms with Crippen LogP contribution in [0.3, 0.4) is 0 Å². The van der Waals surface area contributed by atoms with Gasteiger partial charge in [0.15, 0.2) is 6.54 Å². The molecule has 0 aliphatic carbocycles. The molecule has 2 aromatic rings. The Morgan fingerprint density at radius 2 is 1.79 bits per heavy atom. The van der Waals surface area contributed by atoms with E-state index in [1.807, 2.05) is 12.1 Å². The van der Waals surface area contributed by atoms with E-state index in [4.69, 9.17) is 4.42 Å². The van der Waals surface area contributed by atoms with Gasteiger partial charge in [0.05, 0.1) is 13.1 Å². The van der Waals surface area contributed by atoms with Gasteiger partial charge in [0.25, 0.3) is 5.89 Å².